The van der Waals surface area contributed by atoms with Gasteiger partial charge in [0.2, 0.25) is 0 Å². The van der Waals surface area contributed by atoms with Gasteiger partial charge in [0.15, 0.2) is 0 Å². The van der Waals surface area contributed by atoms with Gasteiger partial charge in [-0.3, -0.25) is 9.59 Å². The number of allylic oxidation sites excluding steroid dienone is 1. The fourth-order valence-corrected chi connectivity index (χ4v) is 4.19. The zero-order valence-electron chi connectivity index (χ0n) is 21.0. The van der Waals surface area contributed by atoms with Gasteiger partial charge in [-0.2, -0.15) is 0 Å². The molecule has 0 fully saturated rings. The van der Waals surface area contributed by atoms with Crippen molar-refractivity contribution >= 4 is 11.9 Å². The topological polar surface area (TPSA) is 74.6 Å². The highest BCUT2D eigenvalue weighted by Gasteiger charge is 2.12. The van der Waals surface area contributed by atoms with E-state index >= 15 is 0 Å². The predicted molar refractivity (Wildman–Crippen MR) is 135 cm³/mol. The van der Waals surface area contributed by atoms with Gasteiger partial charge in [0.25, 0.3) is 0 Å². The molecule has 0 saturated carbocycles. The van der Waals surface area contributed by atoms with Gasteiger partial charge in [-0.1, -0.05) is 128 Å². The Labute approximate surface area is 198 Å². The molecule has 0 aromatic carbocycles. The van der Waals surface area contributed by atoms with Crippen molar-refractivity contribution in [3.63, 3.8) is 0 Å². The molecule has 0 amide bonds. The molecule has 0 radical (unpaired) electrons. The number of carboxylic acids is 2. The largest absolute Gasteiger partial charge is 0.481 e. The molecule has 4 nitrogen and oxygen atoms in total. The molecule has 188 valence electrons. The Balaban J connectivity index is 3.50. The van der Waals surface area contributed by atoms with E-state index in [1.165, 1.54) is 83.5 Å². The quantitative estimate of drug-likeness (QED) is 0.107. The summed E-state index contributed by atoms with van der Waals surface area (Å²) < 4.78 is 0. The number of carbonyl (C=O) groups is 2. The standard InChI is InChI=1S/C28H52O4/c1-2-3-4-5-6-7-8-9-10-11-12-13-14-15-17-20-23-26(28(31)32)24-21-18-16-19-22-25-27(29)30/h20,23,26H,2-19,21-22,24-25H2,1H3,(H,29,30)(H,31,32). The van der Waals surface area contributed by atoms with Gasteiger partial charge in [-0.15, -0.1) is 0 Å². The van der Waals surface area contributed by atoms with E-state index in [2.05, 4.69) is 13.0 Å². The van der Waals surface area contributed by atoms with Crippen molar-refractivity contribution in [2.45, 2.75) is 148 Å². The summed E-state index contributed by atoms with van der Waals surface area (Å²) in [5, 5.41) is 18.0. The Morgan fingerprint density at radius 1 is 0.625 bits per heavy atom. The van der Waals surface area contributed by atoms with Crippen LogP contribution in [0.25, 0.3) is 0 Å². The number of rotatable bonds is 25. The molecule has 1 atom stereocenters. The summed E-state index contributed by atoms with van der Waals surface area (Å²) in [4.78, 5) is 21.9. The van der Waals surface area contributed by atoms with Crippen LogP contribution < -0.4 is 0 Å². The minimum absolute atomic E-state index is 0.236. The smallest absolute Gasteiger partial charge is 0.310 e. The summed E-state index contributed by atoms with van der Waals surface area (Å²) in [5.74, 6) is -1.84. The minimum atomic E-state index is -0.736. The van der Waals surface area contributed by atoms with E-state index in [4.69, 9.17) is 5.11 Å². The van der Waals surface area contributed by atoms with E-state index in [9.17, 15) is 14.7 Å². The van der Waals surface area contributed by atoms with E-state index < -0.39 is 11.9 Å². The average Bonchev–Trinajstić information content (AvgIpc) is 2.76. The first-order valence-corrected chi connectivity index (χ1v) is 13.7. The van der Waals surface area contributed by atoms with Crippen LogP contribution in [-0.4, -0.2) is 22.2 Å². The Morgan fingerprint density at radius 3 is 1.53 bits per heavy atom. The lowest BCUT2D eigenvalue weighted by atomic mass is 9.99. The third-order valence-electron chi connectivity index (χ3n) is 6.32. The molecule has 2 N–H and O–H groups in total. The molecule has 1 unspecified atom stereocenters. The van der Waals surface area contributed by atoms with Crippen molar-refractivity contribution in [1.29, 1.82) is 0 Å². The minimum Gasteiger partial charge on any atom is -0.481 e. The van der Waals surface area contributed by atoms with Crippen molar-refractivity contribution in [2.75, 3.05) is 0 Å². The summed E-state index contributed by atoms with van der Waals surface area (Å²) in [6.45, 7) is 2.27. The van der Waals surface area contributed by atoms with Gasteiger partial charge < -0.3 is 10.2 Å². The number of hydrogen-bond donors (Lipinski definition) is 2. The fourth-order valence-electron chi connectivity index (χ4n) is 4.19. The molecule has 0 aliphatic rings. The van der Waals surface area contributed by atoms with E-state index in [-0.39, 0.29) is 12.3 Å². The van der Waals surface area contributed by atoms with Gasteiger partial charge in [0, 0.05) is 6.42 Å². The third kappa shape index (κ3) is 23.3. The molecule has 0 aromatic rings. The van der Waals surface area contributed by atoms with Crippen LogP contribution in [0.5, 0.6) is 0 Å². The van der Waals surface area contributed by atoms with E-state index in [0.29, 0.717) is 6.42 Å². The lowest BCUT2D eigenvalue weighted by molar-refractivity contribution is -0.140. The first kappa shape index (κ1) is 30.7. The zero-order valence-corrected chi connectivity index (χ0v) is 21.0. The fraction of sp³-hybridized carbons (Fsp3) is 0.857. The van der Waals surface area contributed by atoms with Crippen LogP contribution in [0.3, 0.4) is 0 Å². The maximum Gasteiger partial charge on any atom is 0.310 e. The molecular formula is C28H52O4. The molecule has 0 rings (SSSR count). The van der Waals surface area contributed by atoms with Crippen LogP contribution in [0.15, 0.2) is 12.2 Å². The highest BCUT2D eigenvalue weighted by Crippen LogP contribution is 2.16. The molecule has 0 heterocycles. The van der Waals surface area contributed by atoms with Gasteiger partial charge in [-0.05, 0) is 25.7 Å². The molecular weight excluding hydrogens is 400 g/mol. The van der Waals surface area contributed by atoms with E-state index in [1.54, 1.807) is 0 Å². The first-order chi connectivity index (χ1) is 15.6. The van der Waals surface area contributed by atoms with Gasteiger partial charge in [0.1, 0.15) is 0 Å². The van der Waals surface area contributed by atoms with Gasteiger partial charge >= 0.3 is 11.9 Å². The molecule has 0 saturated heterocycles. The second-order valence-electron chi connectivity index (χ2n) is 9.46. The van der Waals surface area contributed by atoms with Crippen molar-refractivity contribution in [3.8, 4) is 0 Å². The number of unbranched alkanes of at least 4 members (excludes halogenated alkanes) is 18. The number of aliphatic carboxylic acids is 2. The summed E-state index contributed by atoms with van der Waals surface area (Å²) in [6.07, 6.45) is 29.4. The summed E-state index contributed by atoms with van der Waals surface area (Å²) in [5.41, 5.74) is 0. The van der Waals surface area contributed by atoms with Crippen LogP contribution >= 0.6 is 0 Å². The Bertz CT molecular complexity index is 458. The van der Waals surface area contributed by atoms with Crippen molar-refractivity contribution in [3.05, 3.63) is 12.2 Å². The zero-order chi connectivity index (χ0) is 23.7. The Kier molecular flexibility index (Phi) is 23.3. The van der Waals surface area contributed by atoms with Crippen LogP contribution in [0.1, 0.15) is 148 Å². The molecule has 4 heteroatoms. The second-order valence-corrected chi connectivity index (χ2v) is 9.46. The van der Waals surface area contributed by atoms with Crippen molar-refractivity contribution < 1.29 is 19.8 Å². The Morgan fingerprint density at radius 2 is 1.06 bits per heavy atom. The van der Waals surface area contributed by atoms with Gasteiger partial charge in [-0.25, -0.2) is 0 Å². The third-order valence-corrected chi connectivity index (χ3v) is 6.32. The number of carboxylic acid groups (broad SMARTS) is 2. The molecule has 0 bridgehead atoms. The normalized spacial score (nSPS) is 12.4. The monoisotopic (exact) mass is 452 g/mol. The van der Waals surface area contributed by atoms with E-state index in [0.717, 1.165) is 44.9 Å². The molecule has 0 spiro atoms. The number of hydrogen-bond acceptors (Lipinski definition) is 2. The lowest BCUT2D eigenvalue weighted by Gasteiger charge is -2.07. The Hall–Kier alpha value is -1.32. The van der Waals surface area contributed by atoms with E-state index in [1.807, 2.05) is 6.08 Å². The molecule has 0 aliphatic heterocycles. The predicted octanol–water partition coefficient (Wildman–Crippen LogP) is 8.93. The van der Waals surface area contributed by atoms with Crippen LogP contribution in [0.4, 0.5) is 0 Å². The SMILES string of the molecule is CCCCCCCCCCCCCCCCC=CC(CCCCCCCC(=O)O)C(=O)O. The lowest BCUT2D eigenvalue weighted by Crippen LogP contribution is -2.10. The summed E-state index contributed by atoms with van der Waals surface area (Å²) >= 11 is 0. The van der Waals surface area contributed by atoms with Crippen LogP contribution in [-0.2, 0) is 9.59 Å². The molecule has 0 aromatic heterocycles. The summed E-state index contributed by atoms with van der Waals surface area (Å²) in [6, 6.07) is 0. The molecule has 32 heavy (non-hydrogen) atoms. The maximum absolute atomic E-state index is 11.4. The van der Waals surface area contributed by atoms with Crippen molar-refractivity contribution in [2.24, 2.45) is 5.92 Å². The first-order valence-electron chi connectivity index (χ1n) is 13.7. The highest BCUT2D eigenvalue weighted by atomic mass is 16.4. The second kappa shape index (κ2) is 24.3. The maximum atomic E-state index is 11.4. The average molecular weight is 453 g/mol. The highest BCUT2D eigenvalue weighted by molar-refractivity contribution is 5.72. The molecule has 0 aliphatic carbocycles. The summed E-state index contributed by atoms with van der Waals surface area (Å²) in [7, 11) is 0. The van der Waals surface area contributed by atoms with Gasteiger partial charge in [0.05, 0.1) is 5.92 Å². The van der Waals surface area contributed by atoms with Crippen LogP contribution in [0, 0.1) is 5.92 Å². The van der Waals surface area contributed by atoms with Crippen LogP contribution in [0.2, 0.25) is 0 Å². The van der Waals surface area contributed by atoms with Crippen molar-refractivity contribution in [1.82, 2.24) is 0 Å².